The summed E-state index contributed by atoms with van der Waals surface area (Å²) in [5.74, 6) is 0. The molecule has 0 N–H and O–H groups in total. The third-order valence-corrected chi connectivity index (χ3v) is 40.9. The molecule has 0 unspecified atom stereocenters. The Morgan fingerprint density at radius 1 is 0.131 bits per heavy atom. The number of rotatable bonds is 79. The van der Waals surface area contributed by atoms with Gasteiger partial charge in [0.25, 0.3) is 0 Å². The lowest BCUT2D eigenvalue weighted by atomic mass is 10.0. The summed E-state index contributed by atoms with van der Waals surface area (Å²) in [6, 6.07) is 27.1. The van der Waals surface area contributed by atoms with Gasteiger partial charge in [0.1, 0.15) is 0 Å². The highest BCUT2D eigenvalue weighted by atomic mass is 32.1. The molecule has 0 aliphatic carbocycles. The lowest BCUT2D eigenvalue weighted by molar-refractivity contribution is 0.607. The largest absolute Gasteiger partial charge is 0.143 e. The van der Waals surface area contributed by atoms with Gasteiger partial charge < -0.3 is 0 Å². The summed E-state index contributed by atoms with van der Waals surface area (Å²) in [4.78, 5) is 28.2. The fourth-order valence-electron chi connectivity index (χ4n) is 19.8. The Bertz CT molecular complexity index is 4260. The normalized spacial score (nSPS) is 11.9. The van der Waals surface area contributed by atoms with Gasteiger partial charge in [0.15, 0.2) is 0 Å². The second kappa shape index (κ2) is 65.8. The molecule has 0 atom stereocenters. The van der Waals surface area contributed by atoms with Gasteiger partial charge in [0.05, 0.1) is 0 Å². The van der Waals surface area contributed by atoms with Gasteiger partial charge in [-0.25, -0.2) is 0 Å². The Hall–Kier alpha value is -3.00. The second-order valence-electron chi connectivity index (χ2n) is 39.4. The second-order valence-corrected chi connectivity index (χ2v) is 49.7. The minimum absolute atomic E-state index is 1.17. The van der Waals surface area contributed by atoms with Gasteiger partial charge in [-0.2, -0.15) is 0 Å². The molecule has 0 fully saturated rings. The van der Waals surface area contributed by atoms with Crippen LogP contribution in [0.4, 0.5) is 0 Å². The van der Waals surface area contributed by atoms with Crippen molar-refractivity contribution in [3.05, 3.63) is 127 Å². The molecular formula is C120H182S10. The molecule has 722 valence electrons. The fourth-order valence-corrected chi connectivity index (χ4v) is 32.8. The van der Waals surface area contributed by atoms with Gasteiger partial charge in [0.2, 0.25) is 0 Å². The van der Waals surface area contributed by atoms with E-state index in [-0.39, 0.29) is 0 Å². The summed E-state index contributed by atoms with van der Waals surface area (Å²) in [5, 5.41) is 4.86. The zero-order valence-electron chi connectivity index (χ0n) is 84.5. The number of aryl methyl sites for hydroxylation is 10. The lowest BCUT2D eigenvalue weighted by Gasteiger charge is -2.06. The first-order chi connectivity index (χ1) is 64.2. The molecule has 10 heteroatoms. The average Bonchev–Trinajstić information content (AvgIpc) is 1.13. The van der Waals surface area contributed by atoms with Crippen molar-refractivity contribution < 1.29 is 0 Å². The molecule has 10 aromatic rings. The molecule has 10 heterocycles. The van der Waals surface area contributed by atoms with Crippen LogP contribution in [0.5, 0.6) is 0 Å². The van der Waals surface area contributed by atoms with Crippen LogP contribution in [-0.2, 0) is 64.2 Å². The Balaban J connectivity index is 1.09. The van der Waals surface area contributed by atoms with Crippen molar-refractivity contribution >= 4 is 113 Å². The van der Waals surface area contributed by atoms with Crippen molar-refractivity contribution in [1.29, 1.82) is 0 Å². The summed E-state index contributed by atoms with van der Waals surface area (Å²) in [7, 11) is 0. The van der Waals surface area contributed by atoms with Gasteiger partial charge >= 0.3 is 0 Å². The molecule has 0 nitrogen and oxygen atoms in total. The monoisotopic (exact) mass is 1940 g/mol. The molecule has 0 aliphatic rings. The molecule has 0 aromatic carbocycles. The minimum atomic E-state index is 1.17. The summed E-state index contributed by atoms with van der Waals surface area (Å²) in [6.45, 7) is 23.7. The zero-order valence-corrected chi connectivity index (χ0v) is 92.7. The molecular weight excluding hydrogens is 1760 g/mol. The van der Waals surface area contributed by atoms with Crippen molar-refractivity contribution in [3.63, 3.8) is 0 Å². The molecule has 130 heavy (non-hydrogen) atoms. The predicted molar refractivity (Wildman–Crippen MR) is 605 cm³/mol. The number of hydrogen-bond acceptors (Lipinski definition) is 10. The smallest absolute Gasteiger partial charge is 0.0484 e. The van der Waals surface area contributed by atoms with Crippen LogP contribution in [0.1, 0.15) is 510 Å². The molecule has 0 spiro atoms. The minimum Gasteiger partial charge on any atom is -0.143 e. The Labute approximate surface area is 839 Å². The molecule has 0 saturated heterocycles. The van der Waals surface area contributed by atoms with Crippen molar-refractivity contribution in [2.45, 2.75) is 519 Å². The Morgan fingerprint density at radius 3 is 0.385 bits per heavy atom. The topological polar surface area (TPSA) is 0 Å². The van der Waals surface area contributed by atoms with Crippen LogP contribution in [-0.4, -0.2) is 0 Å². The van der Waals surface area contributed by atoms with Crippen LogP contribution >= 0.6 is 113 Å². The summed E-state index contributed by atoms with van der Waals surface area (Å²) < 4.78 is 0. The van der Waals surface area contributed by atoms with E-state index < -0.39 is 0 Å². The lowest BCUT2D eigenvalue weighted by Crippen LogP contribution is -1.90. The van der Waals surface area contributed by atoms with Crippen molar-refractivity contribution in [2.24, 2.45) is 0 Å². The van der Waals surface area contributed by atoms with E-state index in [0.717, 1.165) is 0 Å². The van der Waals surface area contributed by atoms with E-state index in [2.05, 4.69) is 231 Å². The van der Waals surface area contributed by atoms with Crippen LogP contribution in [0.2, 0.25) is 0 Å². The van der Waals surface area contributed by atoms with Crippen LogP contribution < -0.4 is 0 Å². The van der Waals surface area contributed by atoms with E-state index in [1.807, 2.05) is 22.7 Å². The van der Waals surface area contributed by atoms with Gasteiger partial charge in [-0.3, -0.25) is 0 Å². The quantitative estimate of drug-likeness (QED) is 0.0333. The molecule has 0 bridgehead atoms. The molecule has 0 aliphatic heterocycles. The van der Waals surface area contributed by atoms with Gasteiger partial charge in [-0.15, -0.1) is 113 Å². The van der Waals surface area contributed by atoms with Crippen LogP contribution in [0, 0.1) is 0 Å². The first-order valence-electron chi connectivity index (χ1n) is 55.4. The van der Waals surface area contributed by atoms with E-state index >= 15 is 0 Å². The highest BCUT2D eigenvalue weighted by Crippen LogP contribution is 2.56. The summed E-state index contributed by atoms with van der Waals surface area (Å²) in [6.07, 6.45) is 92.2. The number of unbranched alkanes of at least 4 members (excludes halogenated alkanes) is 50. The maximum atomic E-state index is 2.79. The van der Waals surface area contributed by atoms with Crippen LogP contribution in [0.3, 0.4) is 0 Å². The van der Waals surface area contributed by atoms with E-state index in [4.69, 9.17) is 0 Å². The fraction of sp³-hybridized carbons (Fsp3) is 0.667. The maximum absolute atomic E-state index is 2.79. The van der Waals surface area contributed by atoms with Crippen molar-refractivity contribution in [2.75, 3.05) is 0 Å². The Kier molecular flexibility index (Phi) is 55.2. The first-order valence-corrected chi connectivity index (χ1v) is 63.7. The first kappa shape index (κ1) is 109. The van der Waals surface area contributed by atoms with Gasteiger partial charge in [-0.05, 0) is 255 Å². The molecule has 0 radical (unpaired) electrons. The zero-order chi connectivity index (χ0) is 91.2. The van der Waals surface area contributed by atoms with E-state index in [1.165, 1.54) is 488 Å². The highest BCUT2D eigenvalue weighted by Gasteiger charge is 2.29. The van der Waals surface area contributed by atoms with Crippen LogP contribution in [0.15, 0.2) is 71.4 Å². The molecule has 10 aromatic heterocycles. The predicted octanol–water partition coefficient (Wildman–Crippen LogP) is 46.3. The third kappa shape index (κ3) is 36.7. The van der Waals surface area contributed by atoms with E-state index in [9.17, 15) is 0 Å². The van der Waals surface area contributed by atoms with Crippen molar-refractivity contribution in [1.82, 2.24) is 0 Å². The molecule has 0 amide bonds. The summed E-state index contributed by atoms with van der Waals surface area (Å²) >= 11 is 21.6. The Morgan fingerprint density at radius 2 is 0.246 bits per heavy atom. The summed E-state index contributed by atoms with van der Waals surface area (Å²) in [5.41, 5.74) is 16.3. The van der Waals surface area contributed by atoms with E-state index in [0.29, 0.717) is 0 Å². The molecule has 10 rings (SSSR count). The SMILES string of the molecule is CCCCCCCCc1ccsc1-c1sc(-c2cc(CCCCCCCC)c(-c3sc(-c4cc(CCCCCCCC)c(-c5sc(-c6cc(CCCCCCCC)c(-c7sc(-c8cc(CCCCCCCC)c(-c9sccc9CCCCCCCC)s8)cc7CCCCCCCC)s6)cc5CCCCCCCC)s4)cc3CCCCCCCC)s2)cc1CCCCCCCC. The van der Waals surface area contributed by atoms with Gasteiger partial charge in [-0.1, -0.05) is 390 Å². The highest BCUT2D eigenvalue weighted by molar-refractivity contribution is 7.32. The number of thiophene rings is 10. The molecule has 0 saturated carbocycles. The van der Waals surface area contributed by atoms with Crippen LogP contribution in [0.25, 0.3) is 87.8 Å². The van der Waals surface area contributed by atoms with Crippen molar-refractivity contribution in [3.8, 4) is 87.8 Å². The maximum Gasteiger partial charge on any atom is 0.0484 e. The number of hydrogen-bond donors (Lipinski definition) is 0. The van der Waals surface area contributed by atoms with Gasteiger partial charge in [0, 0.05) is 87.8 Å². The third-order valence-electron chi connectivity index (χ3n) is 28.0. The average molecular weight is 1950 g/mol. The van der Waals surface area contributed by atoms with E-state index in [1.54, 1.807) is 104 Å². The standard InChI is InChI=1S/C120H182S10/c1-11-21-31-41-51-61-71-93-81-83-121-111(93)113-95(73-63-53-43-33-23-13-3)85-103(123-113)105-87-97(75-65-55-45-35-25-15-5)115(125-105)117-99(77-67-57-47-37-27-17-7)89-107(127-117)109-91-101(79-69-59-49-39-29-19-9)119(129-109)120-102(80-70-60-50-40-30-20-10)92-110(130-120)108-90-100(78-68-58-48-38-28-18-8)118(128-108)116-98(76-66-56-46-36-26-16-6)88-106(126-116)104-86-96(74-64-54-44-34-24-14-4)114(124-104)112-94(82-84-122-112)72-62-52-42-32-22-12-2/h81-92H,11-80H2,1-10H3.